The van der Waals surface area contributed by atoms with E-state index in [0.717, 1.165) is 0 Å². The van der Waals surface area contributed by atoms with Crippen LogP contribution in [0, 0.1) is 10.1 Å². The molecule has 0 bridgehead atoms. The van der Waals surface area contributed by atoms with Gasteiger partial charge in [-0.25, -0.2) is 8.42 Å². The lowest BCUT2D eigenvalue weighted by Gasteiger charge is -2.37. The highest BCUT2D eigenvalue weighted by Crippen LogP contribution is 2.31. The standard InChI is InChI=1S/C14H21N3O4S/c1-3-16(22(2,20)21)12-8-10-15(11-9-12)13-6-4-5-7-14(13)17(18)19/h4-7,12H,3,8-11H2,1-2H3. The molecule has 1 aromatic carbocycles. The fraction of sp³-hybridized carbons (Fsp3) is 0.571. The van der Waals surface area contributed by atoms with E-state index in [2.05, 4.69) is 0 Å². The zero-order valence-electron chi connectivity index (χ0n) is 12.8. The van der Waals surface area contributed by atoms with E-state index in [4.69, 9.17) is 0 Å². The van der Waals surface area contributed by atoms with Gasteiger partial charge in [0.15, 0.2) is 0 Å². The zero-order chi connectivity index (χ0) is 16.3. The van der Waals surface area contributed by atoms with Crippen LogP contribution in [-0.4, -0.2) is 49.6 Å². The minimum Gasteiger partial charge on any atom is -0.366 e. The number of benzene rings is 1. The van der Waals surface area contributed by atoms with Crippen LogP contribution in [0.3, 0.4) is 0 Å². The molecule has 2 rings (SSSR count). The third-order valence-corrected chi connectivity index (χ3v) is 5.44. The summed E-state index contributed by atoms with van der Waals surface area (Å²) in [4.78, 5) is 12.7. The first-order valence-corrected chi connectivity index (χ1v) is 9.14. The second-order valence-corrected chi connectivity index (χ2v) is 7.37. The molecule has 0 atom stereocenters. The van der Waals surface area contributed by atoms with Crippen LogP contribution >= 0.6 is 0 Å². The van der Waals surface area contributed by atoms with Gasteiger partial charge in [-0.15, -0.1) is 0 Å². The van der Waals surface area contributed by atoms with Gasteiger partial charge in [-0.1, -0.05) is 19.1 Å². The number of nitrogens with zero attached hydrogens (tertiary/aromatic N) is 3. The van der Waals surface area contributed by atoms with Crippen LogP contribution in [0.25, 0.3) is 0 Å². The van der Waals surface area contributed by atoms with Gasteiger partial charge in [0.05, 0.1) is 11.2 Å². The Morgan fingerprint density at radius 1 is 1.32 bits per heavy atom. The maximum absolute atomic E-state index is 11.8. The predicted octanol–water partition coefficient (Wildman–Crippen LogP) is 1.85. The Hall–Kier alpha value is -1.67. The Morgan fingerprint density at radius 3 is 2.41 bits per heavy atom. The summed E-state index contributed by atoms with van der Waals surface area (Å²) in [5, 5.41) is 11.1. The Bertz CT molecular complexity index is 639. The van der Waals surface area contributed by atoms with Crippen molar-refractivity contribution in [1.29, 1.82) is 0 Å². The number of piperidine rings is 1. The molecule has 0 unspecified atom stereocenters. The summed E-state index contributed by atoms with van der Waals surface area (Å²) in [5.41, 5.74) is 0.699. The molecule has 0 aromatic heterocycles. The Kier molecular flexibility index (Phi) is 5.02. The van der Waals surface area contributed by atoms with Crippen LogP contribution in [0.1, 0.15) is 19.8 Å². The summed E-state index contributed by atoms with van der Waals surface area (Å²) in [6, 6.07) is 6.64. The second-order valence-electron chi connectivity index (χ2n) is 5.43. The highest BCUT2D eigenvalue weighted by molar-refractivity contribution is 7.88. The van der Waals surface area contributed by atoms with Crippen molar-refractivity contribution < 1.29 is 13.3 Å². The lowest BCUT2D eigenvalue weighted by Crippen LogP contribution is -2.47. The first-order valence-electron chi connectivity index (χ1n) is 7.29. The maximum atomic E-state index is 11.8. The van der Waals surface area contributed by atoms with Crippen LogP contribution in [0.5, 0.6) is 0 Å². The minimum atomic E-state index is -3.21. The van der Waals surface area contributed by atoms with E-state index in [1.54, 1.807) is 18.2 Å². The highest BCUT2D eigenvalue weighted by atomic mass is 32.2. The number of sulfonamides is 1. The first kappa shape index (κ1) is 16.7. The highest BCUT2D eigenvalue weighted by Gasteiger charge is 2.30. The van der Waals surface area contributed by atoms with Crippen molar-refractivity contribution >= 4 is 21.4 Å². The Labute approximate surface area is 130 Å². The first-order chi connectivity index (χ1) is 10.3. The van der Waals surface area contributed by atoms with Crippen molar-refractivity contribution in [3.05, 3.63) is 34.4 Å². The third-order valence-electron chi connectivity index (χ3n) is 4.03. The molecule has 0 saturated carbocycles. The number of rotatable bonds is 5. The quantitative estimate of drug-likeness (QED) is 0.609. The summed E-state index contributed by atoms with van der Waals surface area (Å²) >= 11 is 0. The summed E-state index contributed by atoms with van der Waals surface area (Å²) in [6.07, 6.45) is 2.57. The molecule has 0 amide bonds. The number of para-hydroxylation sites is 2. The number of anilines is 1. The fourth-order valence-corrected chi connectivity index (χ4v) is 4.27. The molecule has 0 spiro atoms. The van der Waals surface area contributed by atoms with Crippen molar-refractivity contribution in [2.24, 2.45) is 0 Å². The summed E-state index contributed by atoms with van der Waals surface area (Å²) in [5.74, 6) is 0. The van der Waals surface area contributed by atoms with Crippen molar-refractivity contribution in [3.8, 4) is 0 Å². The molecule has 1 saturated heterocycles. The summed E-state index contributed by atoms with van der Waals surface area (Å²) < 4.78 is 25.1. The molecule has 1 aliphatic rings. The average molecular weight is 327 g/mol. The molecule has 1 aromatic rings. The fourth-order valence-electron chi connectivity index (χ4n) is 3.04. The average Bonchev–Trinajstić information content (AvgIpc) is 2.47. The van der Waals surface area contributed by atoms with Crippen LogP contribution in [-0.2, 0) is 10.0 Å². The van der Waals surface area contributed by atoms with Gasteiger partial charge >= 0.3 is 0 Å². The van der Waals surface area contributed by atoms with E-state index in [1.165, 1.54) is 16.6 Å². The van der Waals surface area contributed by atoms with Gasteiger partial charge < -0.3 is 4.90 Å². The summed E-state index contributed by atoms with van der Waals surface area (Å²) in [6.45, 7) is 3.51. The van der Waals surface area contributed by atoms with Crippen molar-refractivity contribution in [1.82, 2.24) is 4.31 Å². The molecule has 122 valence electrons. The van der Waals surface area contributed by atoms with Crippen LogP contribution in [0.2, 0.25) is 0 Å². The van der Waals surface area contributed by atoms with Crippen LogP contribution in [0.15, 0.2) is 24.3 Å². The van der Waals surface area contributed by atoms with Gasteiger partial charge in [-0.2, -0.15) is 4.31 Å². The van der Waals surface area contributed by atoms with Gasteiger partial charge in [0.2, 0.25) is 10.0 Å². The second kappa shape index (κ2) is 6.62. The topological polar surface area (TPSA) is 83.8 Å². The molecule has 0 N–H and O–H groups in total. The van der Waals surface area contributed by atoms with E-state index in [9.17, 15) is 18.5 Å². The third kappa shape index (κ3) is 3.56. The van der Waals surface area contributed by atoms with E-state index in [-0.39, 0.29) is 16.7 Å². The predicted molar refractivity (Wildman–Crippen MR) is 85.6 cm³/mol. The van der Waals surface area contributed by atoms with Crippen LogP contribution < -0.4 is 4.90 Å². The van der Waals surface area contributed by atoms with Gasteiger partial charge in [-0.05, 0) is 18.9 Å². The molecule has 1 heterocycles. The maximum Gasteiger partial charge on any atom is 0.292 e. The van der Waals surface area contributed by atoms with Crippen molar-refractivity contribution in [2.75, 3.05) is 30.8 Å². The molecule has 22 heavy (non-hydrogen) atoms. The Morgan fingerprint density at radius 2 is 1.91 bits per heavy atom. The lowest BCUT2D eigenvalue weighted by molar-refractivity contribution is -0.384. The van der Waals surface area contributed by atoms with Gasteiger partial charge in [0.1, 0.15) is 5.69 Å². The van der Waals surface area contributed by atoms with E-state index >= 15 is 0 Å². The van der Waals surface area contributed by atoms with Crippen LogP contribution in [0.4, 0.5) is 11.4 Å². The molecule has 8 heteroatoms. The van der Waals surface area contributed by atoms with E-state index in [0.29, 0.717) is 38.2 Å². The van der Waals surface area contributed by atoms with Gasteiger partial charge in [0.25, 0.3) is 5.69 Å². The van der Waals surface area contributed by atoms with Gasteiger partial charge in [-0.3, -0.25) is 10.1 Å². The largest absolute Gasteiger partial charge is 0.366 e. The minimum absolute atomic E-state index is 0.0287. The molecular formula is C14H21N3O4S. The number of hydrogen-bond acceptors (Lipinski definition) is 5. The molecule has 0 radical (unpaired) electrons. The van der Waals surface area contributed by atoms with E-state index < -0.39 is 10.0 Å². The molecule has 1 fully saturated rings. The number of hydrogen-bond donors (Lipinski definition) is 0. The summed E-state index contributed by atoms with van der Waals surface area (Å²) in [7, 11) is -3.21. The molecular weight excluding hydrogens is 306 g/mol. The number of nitro benzene ring substituents is 1. The van der Waals surface area contributed by atoms with E-state index in [1.807, 2.05) is 11.8 Å². The zero-order valence-corrected chi connectivity index (χ0v) is 13.6. The lowest BCUT2D eigenvalue weighted by atomic mass is 10.0. The monoisotopic (exact) mass is 327 g/mol. The molecule has 1 aliphatic heterocycles. The normalized spacial score (nSPS) is 17.0. The number of nitro groups is 1. The molecule has 0 aliphatic carbocycles. The SMILES string of the molecule is CCN(C1CCN(c2ccccc2[N+](=O)[O-])CC1)S(C)(=O)=O. The Balaban J connectivity index is 2.11. The smallest absolute Gasteiger partial charge is 0.292 e. The molecule has 7 nitrogen and oxygen atoms in total. The van der Waals surface area contributed by atoms with Crippen molar-refractivity contribution in [2.45, 2.75) is 25.8 Å². The van der Waals surface area contributed by atoms with Crippen molar-refractivity contribution in [3.63, 3.8) is 0 Å². The van der Waals surface area contributed by atoms with Gasteiger partial charge in [0, 0.05) is 31.7 Å².